The van der Waals surface area contributed by atoms with Crippen LogP contribution in [-0.4, -0.2) is 35.4 Å². The van der Waals surface area contributed by atoms with Gasteiger partial charge in [-0.1, -0.05) is 0 Å². The quantitative estimate of drug-likeness (QED) is 0.472. The van der Waals surface area contributed by atoms with Crippen molar-refractivity contribution < 1.29 is 36.2 Å². The summed E-state index contributed by atoms with van der Waals surface area (Å²) >= 11 is 0. The molecule has 2 aliphatic rings. The highest BCUT2D eigenvalue weighted by Gasteiger charge is 2.31. The maximum absolute atomic E-state index is 14.6. The maximum Gasteiger partial charge on any atom is 0.416 e. The van der Waals surface area contributed by atoms with Crippen molar-refractivity contribution in [2.24, 2.45) is 0 Å². The average molecular weight is 509 g/mol. The van der Waals surface area contributed by atoms with Gasteiger partial charge in [0.1, 0.15) is 18.2 Å². The van der Waals surface area contributed by atoms with E-state index in [1.165, 1.54) is 0 Å². The highest BCUT2D eigenvalue weighted by molar-refractivity contribution is 5.45. The van der Waals surface area contributed by atoms with Crippen LogP contribution in [0.5, 0.6) is 17.4 Å². The molecule has 2 aromatic carbocycles. The summed E-state index contributed by atoms with van der Waals surface area (Å²) in [6, 6.07) is 7.16. The van der Waals surface area contributed by atoms with Crippen LogP contribution in [0, 0.1) is 11.6 Å². The third kappa shape index (κ3) is 4.85. The highest BCUT2D eigenvalue weighted by atomic mass is 19.4. The number of hydrogen-bond donors (Lipinski definition) is 0. The lowest BCUT2D eigenvalue weighted by molar-refractivity contribution is -0.137. The molecule has 0 aliphatic carbocycles. The van der Waals surface area contributed by atoms with Crippen molar-refractivity contribution in [1.29, 1.82) is 0 Å². The van der Waals surface area contributed by atoms with Crippen LogP contribution in [0.4, 0.5) is 27.8 Å². The third-order valence-corrected chi connectivity index (χ3v) is 6.02. The first-order valence-electron chi connectivity index (χ1n) is 11.1. The molecule has 1 atom stereocenters. The fourth-order valence-corrected chi connectivity index (χ4v) is 4.25. The summed E-state index contributed by atoms with van der Waals surface area (Å²) in [7, 11) is 0. The second-order valence-corrected chi connectivity index (χ2v) is 8.40. The van der Waals surface area contributed by atoms with Crippen molar-refractivity contribution in [3.63, 3.8) is 0 Å². The molecule has 3 heterocycles. The van der Waals surface area contributed by atoms with Crippen LogP contribution in [0.3, 0.4) is 0 Å². The summed E-state index contributed by atoms with van der Waals surface area (Å²) in [6.07, 6.45) is -3.78. The lowest BCUT2D eigenvalue weighted by Gasteiger charge is -2.41. The Bertz CT molecular complexity index is 1300. The number of benzene rings is 2. The highest BCUT2D eigenvalue weighted by Crippen LogP contribution is 2.33. The molecule has 0 saturated carbocycles. The molecule has 1 fully saturated rings. The van der Waals surface area contributed by atoms with E-state index in [4.69, 9.17) is 14.2 Å². The van der Waals surface area contributed by atoms with Crippen molar-refractivity contribution in [2.45, 2.75) is 31.8 Å². The van der Waals surface area contributed by atoms with Crippen LogP contribution in [0.15, 0.2) is 47.3 Å². The Labute approximate surface area is 201 Å². The Morgan fingerprint density at radius 3 is 2.47 bits per heavy atom. The average Bonchev–Trinajstić information content (AvgIpc) is 2.84. The second kappa shape index (κ2) is 9.41. The Balaban J connectivity index is 1.30. The number of fused-ring (bicyclic) bond motifs is 3. The van der Waals surface area contributed by atoms with E-state index in [0.717, 1.165) is 42.8 Å². The molecule has 7 nitrogen and oxygen atoms in total. The van der Waals surface area contributed by atoms with Crippen molar-refractivity contribution in [3.8, 4) is 17.4 Å². The van der Waals surface area contributed by atoms with E-state index in [-0.39, 0.29) is 29.8 Å². The van der Waals surface area contributed by atoms with E-state index < -0.39 is 34.8 Å². The predicted octanol–water partition coefficient (Wildman–Crippen LogP) is 4.52. The largest absolute Gasteiger partial charge is 0.473 e. The molecule has 2 aliphatic heterocycles. The van der Waals surface area contributed by atoms with Gasteiger partial charge in [-0.05, 0) is 48.4 Å². The van der Waals surface area contributed by atoms with Crippen molar-refractivity contribution in [3.05, 3.63) is 75.7 Å². The van der Waals surface area contributed by atoms with E-state index in [1.54, 1.807) is 10.6 Å². The smallest absolute Gasteiger partial charge is 0.416 e. The molecule has 0 spiro atoms. The van der Waals surface area contributed by atoms with Crippen molar-refractivity contribution >= 4 is 5.82 Å². The SMILES string of the molecule is O=c1nc(OCc2cc(F)c(Oc3ccc(C(F)(F)F)cc3)c(F)c2)cc2n1CC[C@@H]1COCCN21. The zero-order valence-electron chi connectivity index (χ0n) is 18.7. The molecule has 0 N–H and O–H groups in total. The number of halogens is 5. The molecule has 5 rings (SSSR count). The molecule has 1 saturated heterocycles. The minimum atomic E-state index is -4.54. The molecular weight excluding hydrogens is 489 g/mol. The van der Waals surface area contributed by atoms with E-state index in [9.17, 15) is 26.7 Å². The molecule has 190 valence electrons. The summed E-state index contributed by atoms with van der Waals surface area (Å²) < 4.78 is 85.0. The fraction of sp³-hybridized carbons (Fsp3) is 0.333. The predicted molar refractivity (Wildman–Crippen MR) is 117 cm³/mol. The lowest BCUT2D eigenvalue weighted by Crippen LogP contribution is -2.51. The van der Waals surface area contributed by atoms with E-state index >= 15 is 0 Å². The lowest BCUT2D eigenvalue weighted by atomic mass is 10.1. The minimum absolute atomic E-state index is 0.0179. The molecule has 3 aromatic rings. The second-order valence-electron chi connectivity index (χ2n) is 8.40. The molecular formula is C24H20F5N3O4. The third-order valence-electron chi connectivity index (χ3n) is 6.02. The zero-order valence-corrected chi connectivity index (χ0v) is 18.7. The fourth-order valence-electron chi connectivity index (χ4n) is 4.25. The van der Waals surface area contributed by atoms with E-state index in [2.05, 4.69) is 9.88 Å². The number of hydrogen-bond acceptors (Lipinski definition) is 6. The molecule has 0 amide bonds. The standard InChI is InChI=1S/C24H20F5N3O4/c25-18-9-14(10-19(26)22(18)36-17-3-1-15(2-4-17)24(27,28)29)12-35-20-11-21-31-7-8-34-13-16(31)5-6-32(21)23(33)30-20/h1-4,9-11,16H,5-8,12-13H2/t16-/m1/s1. The van der Waals surface area contributed by atoms with E-state index in [0.29, 0.717) is 32.1 Å². The Hall–Kier alpha value is -3.67. The van der Waals surface area contributed by atoms with Crippen LogP contribution >= 0.6 is 0 Å². The summed E-state index contributed by atoms with van der Waals surface area (Å²) in [5.74, 6) is -2.38. The Kier molecular flexibility index (Phi) is 6.29. The van der Waals surface area contributed by atoms with Gasteiger partial charge < -0.3 is 19.1 Å². The Morgan fingerprint density at radius 1 is 1.06 bits per heavy atom. The Morgan fingerprint density at radius 2 is 1.78 bits per heavy atom. The normalized spacial score (nSPS) is 17.4. The molecule has 0 radical (unpaired) electrons. The minimum Gasteiger partial charge on any atom is -0.473 e. The zero-order chi connectivity index (χ0) is 25.4. The number of morpholine rings is 1. The molecule has 0 bridgehead atoms. The number of alkyl halides is 3. The van der Waals surface area contributed by atoms with Gasteiger partial charge in [0.05, 0.1) is 24.8 Å². The summed E-state index contributed by atoms with van der Waals surface area (Å²) in [5, 5.41) is 0. The van der Waals surface area contributed by atoms with Gasteiger partial charge in [-0.15, -0.1) is 0 Å². The van der Waals surface area contributed by atoms with Crippen LogP contribution in [0.2, 0.25) is 0 Å². The van der Waals surface area contributed by atoms with Crippen LogP contribution in [0.25, 0.3) is 0 Å². The topological polar surface area (TPSA) is 65.8 Å². The number of anilines is 1. The van der Waals surface area contributed by atoms with Gasteiger partial charge in [0.15, 0.2) is 17.4 Å². The van der Waals surface area contributed by atoms with Crippen LogP contribution in [-0.2, 0) is 24.1 Å². The summed E-state index contributed by atoms with van der Waals surface area (Å²) in [5.41, 5.74) is -1.29. The molecule has 36 heavy (non-hydrogen) atoms. The number of aromatic nitrogens is 2. The first-order chi connectivity index (χ1) is 17.2. The summed E-state index contributed by atoms with van der Waals surface area (Å²) in [6.45, 7) is 1.93. The van der Waals surface area contributed by atoms with Gasteiger partial charge in [0.25, 0.3) is 0 Å². The first-order valence-corrected chi connectivity index (χ1v) is 11.1. The number of nitrogens with zero attached hydrogens (tertiary/aromatic N) is 3. The van der Waals surface area contributed by atoms with Gasteiger partial charge in [0, 0.05) is 19.2 Å². The van der Waals surface area contributed by atoms with Gasteiger partial charge >= 0.3 is 11.9 Å². The molecule has 1 aromatic heterocycles. The van der Waals surface area contributed by atoms with Crippen LogP contribution in [0.1, 0.15) is 17.5 Å². The van der Waals surface area contributed by atoms with E-state index in [1.807, 2.05) is 0 Å². The van der Waals surface area contributed by atoms with Crippen molar-refractivity contribution in [2.75, 3.05) is 24.7 Å². The first kappa shape index (κ1) is 24.0. The van der Waals surface area contributed by atoms with Gasteiger partial charge in [-0.2, -0.15) is 18.2 Å². The monoisotopic (exact) mass is 509 g/mol. The van der Waals surface area contributed by atoms with Gasteiger partial charge in [-0.25, -0.2) is 13.6 Å². The number of rotatable bonds is 5. The molecule has 0 unspecified atom stereocenters. The molecule has 12 heteroatoms. The maximum atomic E-state index is 14.6. The van der Waals surface area contributed by atoms with Crippen LogP contribution < -0.4 is 20.1 Å². The number of ether oxygens (including phenoxy) is 3. The summed E-state index contributed by atoms with van der Waals surface area (Å²) in [4.78, 5) is 18.5. The van der Waals surface area contributed by atoms with Crippen molar-refractivity contribution in [1.82, 2.24) is 9.55 Å². The van der Waals surface area contributed by atoms with Gasteiger partial charge in [0.2, 0.25) is 5.88 Å². The van der Waals surface area contributed by atoms with Gasteiger partial charge in [-0.3, -0.25) is 4.57 Å².